The number of nitrogens with one attached hydrogen (secondary N) is 1. The number of fused-ring (bicyclic) bond motifs is 1. The van der Waals surface area contributed by atoms with E-state index in [-0.39, 0.29) is 18.0 Å². The van der Waals surface area contributed by atoms with Gasteiger partial charge < -0.3 is 9.73 Å². The highest BCUT2D eigenvalue weighted by Gasteiger charge is 2.20. The monoisotopic (exact) mass is 474 g/mol. The fourth-order valence-electron chi connectivity index (χ4n) is 2.85. The van der Waals surface area contributed by atoms with Crippen molar-refractivity contribution < 1.29 is 9.21 Å². The van der Waals surface area contributed by atoms with Crippen molar-refractivity contribution in [1.82, 2.24) is 14.5 Å². The molecule has 3 aromatic heterocycles. The topological polar surface area (TPSA) is 90.0 Å². The van der Waals surface area contributed by atoms with Crippen molar-refractivity contribution in [3.8, 4) is 0 Å². The first kappa shape index (κ1) is 21.4. The Bertz CT molecular complexity index is 1290. The summed E-state index contributed by atoms with van der Waals surface area (Å²) in [6.45, 7) is 1.91. The van der Waals surface area contributed by atoms with Gasteiger partial charge in [0.05, 0.1) is 34.0 Å². The van der Waals surface area contributed by atoms with Crippen LogP contribution in [0.5, 0.6) is 0 Å². The maximum Gasteiger partial charge on any atom is 0.262 e. The van der Waals surface area contributed by atoms with Crippen molar-refractivity contribution in [2.75, 3.05) is 5.32 Å². The lowest BCUT2D eigenvalue weighted by Crippen LogP contribution is -2.27. The van der Waals surface area contributed by atoms with E-state index in [1.54, 1.807) is 49.4 Å². The predicted molar refractivity (Wildman–Crippen MR) is 122 cm³/mol. The summed E-state index contributed by atoms with van der Waals surface area (Å²) in [7, 11) is 0. The molecule has 1 unspecified atom stereocenters. The number of carbonyl (C=O) groups excluding carboxylic acids is 1. The molecule has 0 radical (unpaired) electrons. The number of aromatic nitrogens is 3. The summed E-state index contributed by atoms with van der Waals surface area (Å²) in [5, 5.41) is 3.92. The summed E-state index contributed by atoms with van der Waals surface area (Å²) < 4.78 is 6.89. The third kappa shape index (κ3) is 4.92. The van der Waals surface area contributed by atoms with Gasteiger partial charge in [0.2, 0.25) is 5.91 Å². The molecule has 0 spiro atoms. The number of rotatable bonds is 6. The molecule has 0 aliphatic rings. The minimum atomic E-state index is -0.566. The number of nitrogens with zero attached hydrogens (tertiary/aromatic N) is 3. The standard InChI is InChI=1S/C21H16Cl2N4O3S/c1-12(19(28)26-18-7-5-14(23)10-24-18)31-21-25-17-9-13(22)4-6-16(17)20(29)27(21)11-15-3-2-8-30-15/h2-10,12H,11H2,1H3,(H,24,26,28). The Hall–Kier alpha value is -2.81. The maximum absolute atomic E-state index is 13.2. The number of thioether (sulfide) groups is 1. The number of carbonyl (C=O) groups is 1. The fraction of sp³-hybridized carbons (Fsp3) is 0.143. The lowest BCUT2D eigenvalue weighted by atomic mass is 10.2. The fourth-order valence-corrected chi connectivity index (χ4v) is 4.04. The number of hydrogen-bond acceptors (Lipinski definition) is 6. The van der Waals surface area contributed by atoms with Gasteiger partial charge in [-0.15, -0.1) is 0 Å². The van der Waals surface area contributed by atoms with Gasteiger partial charge in [-0.2, -0.15) is 0 Å². The summed E-state index contributed by atoms with van der Waals surface area (Å²) in [6.07, 6.45) is 2.99. The van der Waals surface area contributed by atoms with Crippen molar-refractivity contribution in [2.24, 2.45) is 0 Å². The van der Waals surface area contributed by atoms with E-state index in [0.29, 0.717) is 37.7 Å². The highest BCUT2D eigenvalue weighted by Crippen LogP contribution is 2.25. The van der Waals surface area contributed by atoms with Crippen LogP contribution in [0.25, 0.3) is 10.9 Å². The van der Waals surface area contributed by atoms with Gasteiger partial charge in [0.15, 0.2) is 5.16 Å². The number of amides is 1. The van der Waals surface area contributed by atoms with Crippen molar-refractivity contribution in [1.29, 1.82) is 0 Å². The van der Waals surface area contributed by atoms with Crippen LogP contribution in [0.1, 0.15) is 12.7 Å². The maximum atomic E-state index is 13.2. The quantitative estimate of drug-likeness (QED) is 0.317. The number of anilines is 1. The average Bonchev–Trinajstić information content (AvgIpc) is 3.25. The third-order valence-corrected chi connectivity index (χ3v) is 5.96. The van der Waals surface area contributed by atoms with Crippen LogP contribution in [-0.2, 0) is 11.3 Å². The first-order chi connectivity index (χ1) is 14.9. The highest BCUT2D eigenvalue weighted by molar-refractivity contribution is 8.00. The van der Waals surface area contributed by atoms with E-state index < -0.39 is 5.25 Å². The van der Waals surface area contributed by atoms with E-state index in [1.807, 2.05) is 0 Å². The van der Waals surface area contributed by atoms with Crippen molar-refractivity contribution >= 4 is 57.6 Å². The largest absolute Gasteiger partial charge is 0.467 e. The molecule has 1 amide bonds. The molecule has 0 fully saturated rings. The molecule has 0 aliphatic heterocycles. The Labute approximate surface area is 191 Å². The van der Waals surface area contributed by atoms with Crippen molar-refractivity contribution in [3.05, 3.63) is 81.1 Å². The number of benzene rings is 1. The van der Waals surface area contributed by atoms with Crippen molar-refractivity contribution in [3.63, 3.8) is 0 Å². The van der Waals surface area contributed by atoms with Crippen molar-refractivity contribution in [2.45, 2.75) is 23.9 Å². The number of hydrogen-bond donors (Lipinski definition) is 1. The molecule has 4 aromatic rings. The van der Waals surface area contributed by atoms with Crippen LogP contribution in [0.4, 0.5) is 5.82 Å². The van der Waals surface area contributed by atoms with E-state index in [2.05, 4.69) is 15.3 Å². The van der Waals surface area contributed by atoms with Crippen LogP contribution in [0.15, 0.2) is 69.3 Å². The molecule has 4 rings (SSSR count). The van der Waals surface area contributed by atoms with Crippen LogP contribution in [0, 0.1) is 0 Å². The van der Waals surface area contributed by atoms with Crippen LogP contribution < -0.4 is 10.9 Å². The summed E-state index contributed by atoms with van der Waals surface area (Å²) in [6, 6.07) is 11.7. The number of furan rings is 1. The molecule has 10 heteroatoms. The lowest BCUT2D eigenvalue weighted by molar-refractivity contribution is -0.115. The molecule has 1 atom stereocenters. The smallest absolute Gasteiger partial charge is 0.262 e. The van der Waals surface area contributed by atoms with Gasteiger partial charge in [-0.3, -0.25) is 14.2 Å². The second kappa shape index (κ2) is 9.13. The molecule has 3 heterocycles. The van der Waals surface area contributed by atoms with E-state index in [4.69, 9.17) is 27.6 Å². The number of pyridine rings is 1. The Morgan fingerprint density at radius 2 is 2.03 bits per heavy atom. The second-order valence-corrected chi connectivity index (χ2v) is 8.82. The zero-order chi connectivity index (χ0) is 22.0. The van der Waals surface area contributed by atoms with Crippen LogP contribution in [-0.4, -0.2) is 25.7 Å². The Morgan fingerprint density at radius 1 is 1.23 bits per heavy atom. The Kier molecular flexibility index (Phi) is 6.31. The Morgan fingerprint density at radius 3 is 2.74 bits per heavy atom. The molecule has 7 nitrogen and oxygen atoms in total. The van der Waals surface area contributed by atoms with E-state index in [9.17, 15) is 9.59 Å². The Balaban J connectivity index is 1.66. The van der Waals surface area contributed by atoms with Gasteiger partial charge in [-0.1, -0.05) is 35.0 Å². The van der Waals surface area contributed by atoms with Gasteiger partial charge in [0.25, 0.3) is 5.56 Å². The third-order valence-electron chi connectivity index (χ3n) is 4.41. The number of halogens is 2. The van der Waals surface area contributed by atoms with Gasteiger partial charge in [-0.25, -0.2) is 9.97 Å². The molecule has 0 bridgehead atoms. The highest BCUT2D eigenvalue weighted by atomic mass is 35.5. The zero-order valence-corrected chi connectivity index (χ0v) is 18.5. The van der Waals surface area contributed by atoms with Crippen LogP contribution in [0.2, 0.25) is 10.0 Å². The zero-order valence-electron chi connectivity index (χ0n) is 16.2. The first-order valence-electron chi connectivity index (χ1n) is 9.22. The summed E-state index contributed by atoms with van der Waals surface area (Å²) >= 11 is 13.1. The molecule has 0 saturated heterocycles. The molecule has 158 valence electrons. The first-order valence-corrected chi connectivity index (χ1v) is 10.9. The molecule has 31 heavy (non-hydrogen) atoms. The van der Waals surface area contributed by atoms with E-state index >= 15 is 0 Å². The minimum absolute atomic E-state index is 0.187. The average molecular weight is 475 g/mol. The van der Waals surface area contributed by atoms with E-state index in [1.165, 1.54) is 17.0 Å². The summed E-state index contributed by atoms with van der Waals surface area (Å²) in [5.41, 5.74) is 0.218. The predicted octanol–water partition coefficient (Wildman–Crippen LogP) is 4.86. The lowest BCUT2D eigenvalue weighted by Gasteiger charge is -2.16. The van der Waals surface area contributed by atoms with Crippen LogP contribution >= 0.6 is 35.0 Å². The minimum Gasteiger partial charge on any atom is -0.467 e. The van der Waals surface area contributed by atoms with Crippen LogP contribution in [0.3, 0.4) is 0 Å². The van der Waals surface area contributed by atoms with Gasteiger partial charge in [-0.05, 0) is 49.4 Å². The van der Waals surface area contributed by atoms with Gasteiger partial charge >= 0.3 is 0 Å². The SMILES string of the molecule is CC(Sc1nc2cc(Cl)ccc2c(=O)n1Cc1ccco1)C(=O)Nc1ccc(Cl)cn1. The normalized spacial score (nSPS) is 12.1. The van der Waals surface area contributed by atoms with Gasteiger partial charge in [0.1, 0.15) is 11.6 Å². The molecule has 0 aliphatic carbocycles. The molecule has 1 N–H and O–H groups in total. The molecule has 1 aromatic carbocycles. The second-order valence-electron chi connectivity index (χ2n) is 6.64. The molecular formula is C21H16Cl2N4O3S. The summed E-state index contributed by atoms with van der Waals surface area (Å²) in [4.78, 5) is 34.5. The van der Waals surface area contributed by atoms with Gasteiger partial charge in [0, 0.05) is 11.2 Å². The molecular weight excluding hydrogens is 459 g/mol. The summed E-state index contributed by atoms with van der Waals surface area (Å²) in [5.74, 6) is 0.694. The molecule has 0 saturated carbocycles. The van der Waals surface area contributed by atoms with E-state index in [0.717, 1.165) is 11.8 Å².